The standard InChI is InChI=1S/C13H8FN3O2/c14-10-3-1-8(2-4-10)11-7-9(5-6-15-11)12-16-13(18)19-17-12/h1-7H,(H,16,17,18). The molecule has 1 N–H and O–H groups in total. The highest BCUT2D eigenvalue weighted by molar-refractivity contribution is 5.66. The zero-order valence-corrected chi connectivity index (χ0v) is 9.63. The molecule has 19 heavy (non-hydrogen) atoms. The van der Waals surface area contributed by atoms with Gasteiger partial charge < -0.3 is 0 Å². The van der Waals surface area contributed by atoms with E-state index in [-0.39, 0.29) is 5.82 Å². The van der Waals surface area contributed by atoms with Gasteiger partial charge in [0.05, 0.1) is 5.69 Å². The van der Waals surface area contributed by atoms with Crippen LogP contribution in [-0.4, -0.2) is 15.1 Å². The first-order chi connectivity index (χ1) is 9.22. The number of H-pyrrole nitrogens is 1. The fourth-order valence-corrected chi connectivity index (χ4v) is 1.71. The van der Waals surface area contributed by atoms with Gasteiger partial charge in [-0.2, -0.15) is 0 Å². The van der Waals surface area contributed by atoms with Crippen LogP contribution in [0.3, 0.4) is 0 Å². The topological polar surface area (TPSA) is 71.8 Å². The zero-order chi connectivity index (χ0) is 13.2. The van der Waals surface area contributed by atoms with E-state index < -0.39 is 5.76 Å². The highest BCUT2D eigenvalue weighted by Crippen LogP contribution is 2.21. The third kappa shape index (κ3) is 2.28. The molecule has 0 spiro atoms. The minimum absolute atomic E-state index is 0.305. The SMILES string of the molecule is O=c1[nH]c(-c2ccnc(-c3ccc(F)cc3)c2)no1. The first kappa shape index (κ1) is 11.3. The summed E-state index contributed by atoms with van der Waals surface area (Å²) in [6.07, 6.45) is 1.58. The average Bonchev–Trinajstić information content (AvgIpc) is 2.86. The molecular weight excluding hydrogens is 249 g/mol. The summed E-state index contributed by atoms with van der Waals surface area (Å²) in [7, 11) is 0. The van der Waals surface area contributed by atoms with Crippen molar-refractivity contribution >= 4 is 0 Å². The van der Waals surface area contributed by atoms with Crippen LogP contribution >= 0.6 is 0 Å². The van der Waals surface area contributed by atoms with E-state index in [1.54, 1.807) is 30.5 Å². The summed E-state index contributed by atoms with van der Waals surface area (Å²) >= 11 is 0. The number of nitrogens with zero attached hydrogens (tertiary/aromatic N) is 2. The number of hydrogen-bond donors (Lipinski definition) is 1. The van der Waals surface area contributed by atoms with Crippen molar-refractivity contribution in [1.29, 1.82) is 0 Å². The van der Waals surface area contributed by atoms with Gasteiger partial charge >= 0.3 is 5.76 Å². The smallest absolute Gasteiger partial charge is 0.296 e. The molecule has 0 saturated carbocycles. The van der Waals surface area contributed by atoms with Crippen molar-refractivity contribution in [2.45, 2.75) is 0 Å². The molecule has 1 aromatic carbocycles. The number of rotatable bonds is 2. The largest absolute Gasteiger partial charge is 0.439 e. The minimum Gasteiger partial charge on any atom is -0.296 e. The molecule has 2 aromatic heterocycles. The summed E-state index contributed by atoms with van der Waals surface area (Å²) in [6, 6.07) is 9.42. The zero-order valence-electron chi connectivity index (χ0n) is 9.63. The van der Waals surface area contributed by atoms with Crippen molar-refractivity contribution in [2.24, 2.45) is 0 Å². The third-order valence-corrected chi connectivity index (χ3v) is 2.61. The number of hydrogen-bond acceptors (Lipinski definition) is 4. The van der Waals surface area contributed by atoms with Crippen molar-refractivity contribution in [2.75, 3.05) is 0 Å². The van der Waals surface area contributed by atoms with Gasteiger partial charge in [-0.15, -0.1) is 0 Å². The fourth-order valence-electron chi connectivity index (χ4n) is 1.71. The van der Waals surface area contributed by atoms with Crippen LogP contribution in [0.2, 0.25) is 0 Å². The second kappa shape index (κ2) is 4.49. The molecule has 94 valence electrons. The summed E-state index contributed by atoms with van der Waals surface area (Å²) in [6.45, 7) is 0. The number of aromatic nitrogens is 3. The Labute approximate surface area is 106 Å². The number of nitrogens with one attached hydrogen (secondary N) is 1. The Bertz CT molecular complexity index is 762. The first-order valence-corrected chi connectivity index (χ1v) is 5.51. The summed E-state index contributed by atoms with van der Waals surface area (Å²) in [4.78, 5) is 17.6. The number of aromatic amines is 1. The Kier molecular flexibility index (Phi) is 2.68. The van der Waals surface area contributed by atoms with Gasteiger partial charge in [0.2, 0.25) is 0 Å². The molecule has 0 fully saturated rings. The molecule has 0 aliphatic heterocycles. The van der Waals surface area contributed by atoms with E-state index in [0.29, 0.717) is 17.1 Å². The second-order valence-corrected chi connectivity index (χ2v) is 3.88. The van der Waals surface area contributed by atoms with E-state index in [1.165, 1.54) is 12.1 Å². The van der Waals surface area contributed by atoms with Gasteiger partial charge in [0.1, 0.15) is 5.82 Å². The van der Waals surface area contributed by atoms with Crippen molar-refractivity contribution in [1.82, 2.24) is 15.1 Å². The molecule has 0 aliphatic rings. The van der Waals surface area contributed by atoms with Crippen LogP contribution < -0.4 is 5.76 Å². The Morgan fingerprint density at radius 2 is 1.89 bits per heavy atom. The van der Waals surface area contributed by atoms with Crippen LogP contribution in [-0.2, 0) is 0 Å². The predicted octanol–water partition coefficient (Wildman–Crippen LogP) is 2.23. The Hall–Kier alpha value is -2.76. The second-order valence-electron chi connectivity index (χ2n) is 3.88. The van der Waals surface area contributed by atoms with Crippen molar-refractivity contribution in [3.63, 3.8) is 0 Å². The normalized spacial score (nSPS) is 10.6. The third-order valence-electron chi connectivity index (χ3n) is 2.61. The predicted molar refractivity (Wildman–Crippen MR) is 65.7 cm³/mol. The van der Waals surface area contributed by atoms with E-state index in [0.717, 1.165) is 5.56 Å². The highest BCUT2D eigenvalue weighted by atomic mass is 19.1. The van der Waals surface area contributed by atoms with Gasteiger partial charge in [-0.3, -0.25) is 14.5 Å². The number of halogens is 1. The molecule has 6 heteroatoms. The minimum atomic E-state index is -0.616. The van der Waals surface area contributed by atoms with Gasteiger partial charge in [0, 0.05) is 17.3 Å². The summed E-state index contributed by atoms with van der Waals surface area (Å²) in [5.74, 6) is -0.591. The van der Waals surface area contributed by atoms with Gasteiger partial charge in [-0.1, -0.05) is 5.16 Å². The van der Waals surface area contributed by atoms with Crippen LogP contribution in [0.1, 0.15) is 0 Å². The average molecular weight is 257 g/mol. The molecule has 0 bridgehead atoms. The molecule has 0 radical (unpaired) electrons. The number of benzene rings is 1. The Morgan fingerprint density at radius 3 is 2.58 bits per heavy atom. The molecule has 3 aromatic rings. The lowest BCUT2D eigenvalue weighted by molar-refractivity contribution is 0.388. The van der Waals surface area contributed by atoms with Gasteiger partial charge in [-0.25, -0.2) is 9.18 Å². The monoisotopic (exact) mass is 257 g/mol. The molecule has 0 amide bonds. The van der Waals surface area contributed by atoms with Gasteiger partial charge in [0.25, 0.3) is 0 Å². The lowest BCUT2D eigenvalue weighted by Crippen LogP contribution is -1.95. The van der Waals surface area contributed by atoms with Crippen LogP contribution in [0.4, 0.5) is 4.39 Å². The lowest BCUT2D eigenvalue weighted by atomic mass is 10.1. The van der Waals surface area contributed by atoms with E-state index in [4.69, 9.17) is 0 Å². The van der Waals surface area contributed by atoms with Gasteiger partial charge in [0.15, 0.2) is 5.82 Å². The van der Waals surface area contributed by atoms with Crippen LogP contribution in [0.25, 0.3) is 22.6 Å². The maximum atomic E-state index is 12.9. The Balaban J connectivity index is 2.04. The summed E-state index contributed by atoms with van der Waals surface area (Å²) < 4.78 is 17.3. The van der Waals surface area contributed by atoms with E-state index in [2.05, 4.69) is 19.6 Å². The molecular formula is C13H8FN3O2. The summed E-state index contributed by atoms with van der Waals surface area (Å²) in [5, 5.41) is 3.60. The molecule has 0 unspecified atom stereocenters. The van der Waals surface area contributed by atoms with E-state index in [1.807, 2.05) is 0 Å². The summed E-state index contributed by atoms with van der Waals surface area (Å²) in [5.41, 5.74) is 2.09. The van der Waals surface area contributed by atoms with Gasteiger partial charge in [-0.05, 0) is 36.4 Å². The van der Waals surface area contributed by atoms with Crippen molar-refractivity contribution in [3.8, 4) is 22.6 Å². The van der Waals surface area contributed by atoms with Crippen LogP contribution in [0, 0.1) is 5.82 Å². The maximum absolute atomic E-state index is 12.9. The quantitative estimate of drug-likeness (QED) is 0.764. The number of pyridine rings is 1. The molecule has 0 aliphatic carbocycles. The molecule has 5 nitrogen and oxygen atoms in total. The molecule has 0 atom stereocenters. The van der Waals surface area contributed by atoms with E-state index >= 15 is 0 Å². The molecule has 0 saturated heterocycles. The van der Waals surface area contributed by atoms with E-state index in [9.17, 15) is 9.18 Å². The fraction of sp³-hybridized carbons (Fsp3) is 0. The van der Waals surface area contributed by atoms with Crippen LogP contribution in [0.5, 0.6) is 0 Å². The lowest BCUT2D eigenvalue weighted by Gasteiger charge is -2.02. The van der Waals surface area contributed by atoms with Crippen LogP contribution in [0.15, 0.2) is 51.9 Å². The molecule has 2 heterocycles. The molecule has 3 rings (SSSR count). The first-order valence-electron chi connectivity index (χ1n) is 5.51. The highest BCUT2D eigenvalue weighted by Gasteiger charge is 2.07. The Morgan fingerprint density at radius 1 is 1.11 bits per heavy atom. The van der Waals surface area contributed by atoms with Crippen molar-refractivity contribution in [3.05, 3.63) is 59.0 Å². The maximum Gasteiger partial charge on any atom is 0.439 e. The van der Waals surface area contributed by atoms with Crippen molar-refractivity contribution < 1.29 is 8.91 Å².